The minimum absolute atomic E-state index is 0.145. The van der Waals surface area contributed by atoms with Gasteiger partial charge in [-0.05, 0) is 43.2 Å². The van der Waals surface area contributed by atoms with E-state index >= 15 is 0 Å². The molecule has 2 amide bonds. The Bertz CT molecular complexity index is 659. The van der Waals surface area contributed by atoms with E-state index in [9.17, 15) is 9.59 Å². The Labute approximate surface area is 117 Å². The second-order valence-electron chi connectivity index (χ2n) is 4.60. The minimum atomic E-state index is -0.357. The van der Waals surface area contributed by atoms with Crippen molar-refractivity contribution >= 4 is 23.4 Å². The molecule has 0 saturated heterocycles. The quantitative estimate of drug-likeness (QED) is 0.901. The summed E-state index contributed by atoms with van der Waals surface area (Å²) < 4.78 is 5.24. The van der Waals surface area contributed by atoms with Crippen molar-refractivity contribution in [2.75, 3.05) is 10.6 Å². The monoisotopic (exact) mass is 272 g/mol. The first-order valence-electron chi connectivity index (χ1n) is 6.22. The van der Waals surface area contributed by atoms with Crippen LogP contribution in [0.25, 0.3) is 0 Å². The van der Waals surface area contributed by atoms with E-state index in [0.717, 1.165) is 11.1 Å². The smallest absolute Gasteiger partial charge is 0.291 e. The van der Waals surface area contributed by atoms with Gasteiger partial charge in [0.25, 0.3) is 5.91 Å². The molecule has 20 heavy (non-hydrogen) atoms. The Hall–Kier alpha value is -2.56. The van der Waals surface area contributed by atoms with Crippen molar-refractivity contribution in [1.82, 2.24) is 0 Å². The molecular formula is C15H16N2O3. The molecule has 0 spiro atoms. The summed E-state index contributed by atoms with van der Waals surface area (Å²) in [7, 11) is 0. The maximum atomic E-state index is 12.0. The molecule has 0 saturated carbocycles. The summed E-state index contributed by atoms with van der Waals surface area (Å²) in [6.45, 7) is 5.36. The van der Waals surface area contributed by atoms with Crippen LogP contribution in [0.1, 0.15) is 28.6 Å². The topological polar surface area (TPSA) is 71.3 Å². The molecule has 1 heterocycles. The Morgan fingerprint density at radius 3 is 2.40 bits per heavy atom. The van der Waals surface area contributed by atoms with E-state index in [1.54, 1.807) is 0 Å². The SMILES string of the molecule is CC(=O)Nc1ccc(C(=O)Nc2ccc(C)c(C)c2)o1. The standard InChI is InChI=1S/C15H16N2O3/c1-9-4-5-12(8-10(9)2)17-15(19)13-6-7-14(20-13)16-11(3)18/h4-8H,1-3H3,(H,16,18)(H,17,19). The van der Waals surface area contributed by atoms with Crippen molar-refractivity contribution in [3.63, 3.8) is 0 Å². The van der Waals surface area contributed by atoms with Crippen molar-refractivity contribution in [2.45, 2.75) is 20.8 Å². The van der Waals surface area contributed by atoms with Gasteiger partial charge in [0.05, 0.1) is 0 Å². The van der Waals surface area contributed by atoms with Crippen LogP contribution < -0.4 is 10.6 Å². The Kier molecular flexibility index (Phi) is 3.89. The molecule has 0 aliphatic heterocycles. The number of benzene rings is 1. The molecule has 0 unspecified atom stereocenters. The van der Waals surface area contributed by atoms with Gasteiger partial charge >= 0.3 is 0 Å². The van der Waals surface area contributed by atoms with Crippen molar-refractivity contribution in [3.8, 4) is 0 Å². The van der Waals surface area contributed by atoms with E-state index < -0.39 is 0 Å². The van der Waals surface area contributed by atoms with Crippen molar-refractivity contribution in [1.29, 1.82) is 0 Å². The number of rotatable bonds is 3. The maximum Gasteiger partial charge on any atom is 0.291 e. The number of aryl methyl sites for hydroxylation is 2. The first-order valence-corrected chi connectivity index (χ1v) is 6.22. The van der Waals surface area contributed by atoms with Gasteiger partial charge in [0.1, 0.15) is 0 Å². The van der Waals surface area contributed by atoms with Gasteiger partial charge < -0.3 is 9.73 Å². The molecule has 0 radical (unpaired) electrons. The summed E-state index contributed by atoms with van der Waals surface area (Å²) in [4.78, 5) is 22.9. The van der Waals surface area contributed by atoms with Crippen molar-refractivity contribution in [2.24, 2.45) is 0 Å². The molecule has 2 aromatic rings. The second-order valence-corrected chi connectivity index (χ2v) is 4.60. The molecule has 1 aromatic heterocycles. The third kappa shape index (κ3) is 3.26. The van der Waals surface area contributed by atoms with Crippen LogP contribution >= 0.6 is 0 Å². The number of carbonyl (C=O) groups is 2. The molecule has 0 aliphatic carbocycles. The molecule has 1 aromatic carbocycles. The average molecular weight is 272 g/mol. The van der Waals surface area contributed by atoms with Gasteiger partial charge in [-0.15, -0.1) is 0 Å². The number of hydrogen-bond donors (Lipinski definition) is 2. The predicted octanol–water partition coefficient (Wildman–Crippen LogP) is 3.11. The van der Waals surface area contributed by atoms with Crippen LogP contribution in [0.15, 0.2) is 34.7 Å². The van der Waals surface area contributed by atoms with E-state index in [4.69, 9.17) is 4.42 Å². The number of hydrogen-bond acceptors (Lipinski definition) is 3. The fraction of sp³-hybridized carbons (Fsp3) is 0.200. The summed E-state index contributed by atoms with van der Waals surface area (Å²) in [6.07, 6.45) is 0. The highest BCUT2D eigenvalue weighted by atomic mass is 16.4. The third-order valence-corrected chi connectivity index (χ3v) is 2.89. The van der Waals surface area contributed by atoms with Gasteiger partial charge in [-0.2, -0.15) is 0 Å². The van der Waals surface area contributed by atoms with Crippen LogP contribution in [-0.4, -0.2) is 11.8 Å². The van der Waals surface area contributed by atoms with Crippen LogP contribution in [0.2, 0.25) is 0 Å². The van der Waals surface area contributed by atoms with E-state index in [0.29, 0.717) is 5.69 Å². The number of amides is 2. The van der Waals surface area contributed by atoms with E-state index in [2.05, 4.69) is 10.6 Å². The molecule has 5 heteroatoms. The normalized spacial score (nSPS) is 10.2. The van der Waals surface area contributed by atoms with Crippen LogP contribution in [0.3, 0.4) is 0 Å². The van der Waals surface area contributed by atoms with E-state index in [1.807, 2.05) is 32.0 Å². The lowest BCUT2D eigenvalue weighted by Gasteiger charge is -2.06. The Morgan fingerprint density at radius 2 is 1.75 bits per heavy atom. The molecule has 2 N–H and O–H groups in total. The fourth-order valence-corrected chi connectivity index (χ4v) is 1.71. The molecule has 0 bridgehead atoms. The van der Waals surface area contributed by atoms with Gasteiger partial charge in [0.2, 0.25) is 5.91 Å². The fourth-order valence-electron chi connectivity index (χ4n) is 1.71. The minimum Gasteiger partial charge on any atom is -0.435 e. The molecule has 0 aliphatic rings. The van der Waals surface area contributed by atoms with Gasteiger partial charge in [0.15, 0.2) is 11.6 Å². The summed E-state index contributed by atoms with van der Waals surface area (Å²) in [5.41, 5.74) is 2.96. The highest BCUT2D eigenvalue weighted by Gasteiger charge is 2.12. The van der Waals surface area contributed by atoms with Gasteiger partial charge in [-0.3, -0.25) is 14.9 Å². The third-order valence-electron chi connectivity index (χ3n) is 2.89. The van der Waals surface area contributed by atoms with E-state index in [1.165, 1.54) is 19.1 Å². The Morgan fingerprint density at radius 1 is 1.00 bits per heavy atom. The van der Waals surface area contributed by atoms with Crippen LogP contribution in [0, 0.1) is 13.8 Å². The number of furan rings is 1. The van der Waals surface area contributed by atoms with E-state index in [-0.39, 0.29) is 23.5 Å². The number of anilines is 2. The molecule has 104 valence electrons. The lowest BCUT2D eigenvalue weighted by Crippen LogP contribution is -2.11. The predicted molar refractivity (Wildman–Crippen MR) is 76.9 cm³/mol. The molecular weight excluding hydrogens is 256 g/mol. The molecule has 0 atom stereocenters. The van der Waals surface area contributed by atoms with Gasteiger partial charge in [0, 0.05) is 18.7 Å². The van der Waals surface area contributed by atoms with Crippen LogP contribution in [0.5, 0.6) is 0 Å². The summed E-state index contributed by atoms with van der Waals surface area (Å²) in [6, 6.07) is 8.72. The largest absolute Gasteiger partial charge is 0.435 e. The number of nitrogens with one attached hydrogen (secondary N) is 2. The van der Waals surface area contributed by atoms with Crippen molar-refractivity contribution in [3.05, 3.63) is 47.2 Å². The first-order chi connectivity index (χ1) is 9.45. The van der Waals surface area contributed by atoms with Gasteiger partial charge in [-0.1, -0.05) is 6.07 Å². The molecule has 0 fully saturated rings. The molecule has 5 nitrogen and oxygen atoms in total. The van der Waals surface area contributed by atoms with Crippen LogP contribution in [0.4, 0.5) is 11.6 Å². The lowest BCUT2D eigenvalue weighted by atomic mass is 10.1. The highest BCUT2D eigenvalue weighted by molar-refractivity contribution is 6.02. The van der Waals surface area contributed by atoms with Crippen LogP contribution in [-0.2, 0) is 4.79 Å². The zero-order valence-corrected chi connectivity index (χ0v) is 11.6. The second kappa shape index (κ2) is 5.61. The summed E-state index contributed by atoms with van der Waals surface area (Å²) >= 11 is 0. The Balaban J connectivity index is 2.09. The lowest BCUT2D eigenvalue weighted by molar-refractivity contribution is -0.114. The highest BCUT2D eigenvalue weighted by Crippen LogP contribution is 2.17. The summed E-state index contributed by atoms with van der Waals surface area (Å²) in [5, 5.41) is 5.22. The van der Waals surface area contributed by atoms with Gasteiger partial charge in [-0.25, -0.2) is 0 Å². The first kappa shape index (κ1) is 13.9. The van der Waals surface area contributed by atoms with Crippen molar-refractivity contribution < 1.29 is 14.0 Å². The maximum absolute atomic E-state index is 12.0. The summed E-state index contributed by atoms with van der Waals surface area (Å²) in [5.74, 6) is -0.208. The zero-order valence-electron chi connectivity index (χ0n) is 11.6. The average Bonchev–Trinajstić information content (AvgIpc) is 2.81. The molecule has 2 rings (SSSR count). The zero-order chi connectivity index (χ0) is 14.7. The number of carbonyl (C=O) groups excluding carboxylic acids is 2.